The first-order chi connectivity index (χ1) is 15.6. The molecule has 6 nitrogen and oxygen atoms in total. The Bertz CT molecular complexity index is 1270. The van der Waals surface area contributed by atoms with Crippen molar-refractivity contribution in [3.05, 3.63) is 93.2 Å². The summed E-state index contributed by atoms with van der Waals surface area (Å²) in [6, 6.07) is 14.6. The Morgan fingerprint density at radius 1 is 1.16 bits per heavy atom. The van der Waals surface area contributed by atoms with Gasteiger partial charge in [-0.3, -0.25) is 10.1 Å². The standard InChI is InChI=1S/C24H21FN4O2S/c25-21-7-2-1-4-19(21)12-29-15-26-24(28-29)27-23(30)22-10-16(14-32-22)13-31-20-9-8-17-5-3-6-18(17)11-20/h1-2,4,7-11,14-15H,3,5-6,12-13H2,(H,27,28,30). The van der Waals surface area contributed by atoms with Gasteiger partial charge in [0.05, 0.1) is 11.4 Å². The molecule has 4 aromatic rings. The van der Waals surface area contributed by atoms with Crippen molar-refractivity contribution in [1.29, 1.82) is 0 Å². The van der Waals surface area contributed by atoms with Crippen molar-refractivity contribution in [2.45, 2.75) is 32.4 Å². The van der Waals surface area contributed by atoms with E-state index in [1.165, 1.54) is 46.0 Å². The average Bonchev–Trinajstić information content (AvgIpc) is 3.54. The van der Waals surface area contributed by atoms with Gasteiger partial charge in [-0.1, -0.05) is 24.3 Å². The van der Waals surface area contributed by atoms with E-state index < -0.39 is 0 Å². The number of hydrogen-bond acceptors (Lipinski definition) is 5. The van der Waals surface area contributed by atoms with E-state index >= 15 is 0 Å². The fourth-order valence-corrected chi connectivity index (χ4v) is 4.56. The summed E-state index contributed by atoms with van der Waals surface area (Å²) in [7, 11) is 0. The maximum absolute atomic E-state index is 13.8. The van der Waals surface area contributed by atoms with Gasteiger partial charge in [-0.2, -0.15) is 0 Å². The lowest BCUT2D eigenvalue weighted by molar-refractivity contribution is 0.102. The molecule has 162 valence electrons. The van der Waals surface area contributed by atoms with Gasteiger partial charge >= 0.3 is 0 Å². The molecule has 1 N–H and O–H groups in total. The molecule has 0 atom stereocenters. The van der Waals surface area contributed by atoms with Crippen molar-refractivity contribution in [3.63, 3.8) is 0 Å². The Hall–Kier alpha value is -3.52. The fraction of sp³-hybridized carbons (Fsp3) is 0.208. The number of fused-ring (bicyclic) bond motifs is 1. The first-order valence-corrected chi connectivity index (χ1v) is 11.3. The van der Waals surface area contributed by atoms with Crippen molar-refractivity contribution < 1.29 is 13.9 Å². The number of amides is 1. The molecule has 0 saturated carbocycles. The Morgan fingerprint density at radius 2 is 2.03 bits per heavy atom. The van der Waals surface area contributed by atoms with Crippen molar-refractivity contribution in [2.24, 2.45) is 0 Å². The molecule has 0 bridgehead atoms. The number of rotatable bonds is 7. The van der Waals surface area contributed by atoms with Crippen molar-refractivity contribution >= 4 is 23.2 Å². The largest absolute Gasteiger partial charge is 0.489 e. The monoisotopic (exact) mass is 448 g/mol. The highest BCUT2D eigenvalue weighted by molar-refractivity contribution is 7.12. The molecule has 0 unspecified atom stereocenters. The van der Waals surface area contributed by atoms with Crippen LogP contribution in [0.5, 0.6) is 5.75 Å². The summed E-state index contributed by atoms with van der Waals surface area (Å²) in [5.41, 5.74) is 4.21. The highest BCUT2D eigenvalue weighted by Crippen LogP contribution is 2.27. The van der Waals surface area contributed by atoms with Crippen LogP contribution in [0, 0.1) is 5.82 Å². The summed E-state index contributed by atoms with van der Waals surface area (Å²) in [5.74, 6) is 0.437. The van der Waals surface area contributed by atoms with E-state index in [1.807, 2.05) is 17.5 Å². The van der Waals surface area contributed by atoms with Crippen LogP contribution in [-0.2, 0) is 26.0 Å². The third kappa shape index (κ3) is 4.55. The number of thiophene rings is 1. The van der Waals surface area contributed by atoms with Crippen molar-refractivity contribution in [3.8, 4) is 5.75 Å². The maximum Gasteiger partial charge on any atom is 0.268 e. The van der Waals surface area contributed by atoms with Gasteiger partial charge in [-0.15, -0.1) is 16.4 Å². The van der Waals surface area contributed by atoms with Crippen LogP contribution in [-0.4, -0.2) is 20.7 Å². The number of carbonyl (C=O) groups excluding carboxylic acids is 1. The smallest absolute Gasteiger partial charge is 0.268 e. The van der Waals surface area contributed by atoms with Gasteiger partial charge in [0.1, 0.15) is 24.5 Å². The second-order valence-corrected chi connectivity index (χ2v) is 8.61. The molecule has 0 saturated heterocycles. The zero-order chi connectivity index (χ0) is 21.9. The number of nitrogens with one attached hydrogen (secondary N) is 1. The van der Waals surface area contributed by atoms with Crippen LogP contribution in [0.1, 0.15) is 38.3 Å². The molecule has 0 radical (unpaired) electrons. The molecular formula is C24H21FN4O2S. The van der Waals surface area contributed by atoms with Crippen LogP contribution in [0.25, 0.3) is 0 Å². The van der Waals surface area contributed by atoms with Gasteiger partial charge in [-0.05, 0) is 60.0 Å². The first kappa shape index (κ1) is 20.4. The third-order valence-electron chi connectivity index (χ3n) is 5.41. The van der Waals surface area contributed by atoms with E-state index in [9.17, 15) is 9.18 Å². The van der Waals surface area contributed by atoms with Gasteiger partial charge in [0.15, 0.2) is 0 Å². The average molecular weight is 449 g/mol. The number of benzene rings is 2. The third-order valence-corrected chi connectivity index (χ3v) is 6.38. The van der Waals surface area contributed by atoms with Crippen LogP contribution in [0.15, 0.2) is 60.2 Å². The number of aromatic nitrogens is 3. The van der Waals surface area contributed by atoms with Gasteiger partial charge in [0, 0.05) is 11.1 Å². The molecule has 1 amide bonds. The summed E-state index contributed by atoms with van der Waals surface area (Å²) >= 11 is 1.34. The molecule has 0 fully saturated rings. The summed E-state index contributed by atoms with van der Waals surface area (Å²) in [5, 5.41) is 8.81. The Kier molecular flexibility index (Phi) is 5.68. The highest BCUT2D eigenvalue weighted by atomic mass is 32.1. The Balaban J connectivity index is 1.17. The second-order valence-electron chi connectivity index (χ2n) is 7.70. The summed E-state index contributed by atoms with van der Waals surface area (Å²) in [6.07, 6.45) is 4.93. The van der Waals surface area contributed by atoms with Gasteiger partial charge in [0.2, 0.25) is 5.95 Å². The van der Waals surface area contributed by atoms with Gasteiger partial charge in [-0.25, -0.2) is 14.1 Å². The molecule has 32 heavy (non-hydrogen) atoms. The van der Waals surface area contributed by atoms with Crippen LogP contribution in [0.4, 0.5) is 10.3 Å². The predicted octanol–water partition coefficient (Wildman–Crippen LogP) is 4.85. The molecule has 1 aliphatic rings. The Labute approximate surface area is 188 Å². The minimum atomic E-state index is -0.304. The lowest BCUT2D eigenvalue weighted by atomic mass is 10.1. The number of aryl methyl sites for hydroxylation is 2. The summed E-state index contributed by atoms with van der Waals surface area (Å²) < 4.78 is 21.2. The molecule has 8 heteroatoms. The van der Waals surface area contributed by atoms with Crippen molar-refractivity contribution in [2.75, 3.05) is 5.32 Å². The van der Waals surface area contributed by atoms with Crippen LogP contribution in [0.2, 0.25) is 0 Å². The first-order valence-electron chi connectivity index (χ1n) is 10.4. The normalized spacial score (nSPS) is 12.5. The number of ether oxygens (including phenoxy) is 1. The number of carbonyl (C=O) groups is 1. The van der Waals surface area contributed by atoms with E-state index in [2.05, 4.69) is 27.5 Å². The summed E-state index contributed by atoms with van der Waals surface area (Å²) in [6.45, 7) is 0.636. The highest BCUT2D eigenvalue weighted by Gasteiger charge is 2.14. The number of nitrogens with zero attached hydrogens (tertiary/aromatic N) is 3. The van der Waals surface area contributed by atoms with Crippen LogP contribution >= 0.6 is 11.3 Å². The molecule has 2 aromatic carbocycles. The molecule has 2 aromatic heterocycles. The number of anilines is 1. The van der Waals surface area contributed by atoms with E-state index in [0.29, 0.717) is 17.0 Å². The molecule has 1 aliphatic carbocycles. The maximum atomic E-state index is 13.8. The number of halogens is 1. The van der Waals surface area contributed by atoms with Crippen LogP contribution in [0.3, 0.4) is 0 Å². The predicted molar refractivity (Wildman–Crippen MR) is 121 cm³/mol. The molecule has 0 aliphatic heterocycles. The van der Waals surface area contributed by atoms with Gasteiger partial charge < -0.3 is 4.74 Å². The second kappa shape index (κ2) is 8.92. The van der Waals surface area contributed by atoms with E-state index in [1.54, 1.807) is 18.2 Å². The van der Waals surface area contributed by atoms with E-state index in [-0.39, 0.29) is 24.2 Å². The zero-order valence-electron chi connectivity index (χ0n) is 17.3. The topological polar surface area (TPSA) is 69.0 Å². The van der Waals surface area contributed by atoms with Crippen molar-refractivity contribution in [1.82, 2.24) is 14.8 Å². The SMILES string of the molecule is O=C(Nc1ncn(Cc2ccccc2F)n1)c1cc(COc2ccc3c(c2)CCC3)cs1. The fourth-order valence-electron chi connectivity index (χ4n) is 3.77. The van der Waals surface area contributed by atoms with Crippen LogP contribution < -0.4 is 10.1 Å². The molecule has 2 heterocycles. The lowest BCUT2D eigenvalue weighted by Crippen LogP contribution is -2.12. The molecule has 0 spiro atoms. The summed E-state index contributed by atoms with van der Waals surface area (Å²) in [4.78, 5) is 17.2. The minimum absolute atomic E-state index is 0.177. The lowest BCUT2D eigenvalue weighted by Gasteiger charge is -2.07. The molecule has 5 rings (SSSR count). The zero-order valence-corrected chi connectivity index (χ0v) is 18.1. The molecular weight excluding hydrogens is 427 g/mol. The number of hydrogen-bond donors (Lipinski definition) is 1. The quantitative estimate of drug-likeness (QED) is 0.439. The van der Waals surface area contributed by atoms with E-state index in [4.69, 9.17) is 4.74 Å². The Morgan fingerprint density at radius 3 is 2.94 bits per heavy atom. The van der Waals surface area contributed by atoms with E-state index in [0.717, 1.165) is 24.2 Å². The van der Waals surface area contributed by atoms with Gasteiger partial charge in [0.25, 0.3) is 5.91 Å². The minimum Gasteiger partial charge on any atom is -0.489 e.